The van der Waals surface area contributed by atoms with Crippen molar-refractivity contribution in [3.8, 4) is 0 Å². The lowest BCUT2D eigenvalue weighted by atomic mass is 10.3. The van der Waals surface area contributed by atoms with Crippen LogP contribution < -0.4 is 0 Å². The molecule has 0 atom stereocenters. The Morgan fingerprint density at radius 3 is 1.83 bits per heavy atom. The third-order valence-electron chi connectivity index (χ3n) is 1.58. The second-order valence-corrected chi connectivity index (χ2v) is 3.58. The predicted molar refractivity (Wildman–Crippen MR) is 53.5 cm³/mol. The maximum Gasteiger partial charge on any atom is 0.175 e. The van der Waals surface area contributed by atoms with E-state index in [1.54, 1.807) is 12.1 Å². The van der Waals surface area contributed by atoms with Crippen molar-refractivity contribution >= 4 is 46.5 Å². The molecule has 0 aliphatic carbocycles. The molecule has 2 N–H and O–H groups in total. The molecule has 2 rings (SSSR count). The van der Waals surface area contributed by atoms with Gasteiger partial charge in [0, 0.05) is 0 Å². The highest BCUT2D eigenvalue weighted by molar-refractivity contribution is 7.71. The van der Waals surface area contributed by atoms with Gasteiger partial charge in [0.2, 0.25) is 0 Å². The molecule has 0 unspecified atom stereocenters. The van der Waals surface area contributed by atoms with Gasteiger partial charge in [0.25, 0.3) is 0 Å². The number of halogens is 2. The number of benzene rings is 1. The Labute approximate surface area is 83.5 Å². The van der Waals surface area contributed by atoms with Gasteiger partial charge in [-0.1, -0.05) is 23.2 Å². The number of aromatic nitrogens is 2. The first-order valence-electron chi connectivity index (χ1n) is 3.24. The van der Waals surface area contributed by atoms with Crippen LogP contribution in [0.25, 0.3) is 11.0 Å². The van der Waals surface area contributed by atoms with Crippen LogP contribution in [0, 0.1) is 4.77 Å². The summed E-state index contributed by atoms with van der Waals surface area (Å²) < 4.78 is 0.528. The molecule has 0 amide bonds. The number of imidazole rings is 1. The van der Waals surface area contributed by atoms with E-state index in [1.807, 2.05) is 0 Å². The van der Waals surface area contributed by atoms with Crippen molar-refractivity contribution in [3.63, 3.8) is 0 Å². The fraction of sp³-hybridized carbons (Fsp3) is 0. The van der Waals surface area contributed by atoms with Crippen LogP contribution in [0.3, 0.4) is 0 Å². The molecule has 12 heavy (non-hydrogen) atoms. The van der Waals surface area contributed by atoms with Crippen LogP contribution in [0.4, 0.5) is 0 Å². The molecule has 2 aromatic rings. The molecular weight excluding hydrogens is 215 g/mol. The minimum Gasteiger partial charge on any atom is -0.329 e. The molecule has 0 aliphatic heterocycles. The Hall–Kier alpha value is -0.510. The second-order valence-electron chi connectivity index (χ2n) is 2.36. The number of hydrogen-bond donors (Lipinski definition) is 2. The van der Waals surface area contributed by atoms with Crippen LogP contribution >= 0.6 is 35.4 Å². The zero-order chi connectivity index (χ0) is 8.72. The maximum absolute atomic E-state index is 5.89. The summed E-state index contributed by atoms with van der Waals surface area (Å²) in [6, 6.07) is 3.46. The molecule has 2 nitrogen and oxygen atoms in total. The summed E-state index contributed by atoms with van der Waals surface area (Å²) in [5.74, 6) is 0. The summed E-state index contributed by atoms with van der Waals surface area (Å²) in [5.41, 5.74) is 1.52. The third-order valence-corrected chi connectivity index (χ3v) is 2.41. The van der Waals surface area contributed by atoms with Crippen LogP contribution in [0.15, 0.2) is 12.1 Å². The minimum absolute atomic E-state index is 0.528. The highest BCUT2D eigenvalue weighted by Gasteiger charge is 2.04. The largest absolute Gasteiger partial charge is 0.329 e. The summed E-state index contributed by atoms with van der Waals surface area (Å²) in [6.45, 7) is 0. The van der Waals surface area contributed by atoms with Gasteiger partial charge in [0.15, 0.2) is 4.77 Å². The van der Waals surface area contributed by atoms with Gasteiger partial charge in [0.1, 0.15) is 0 Å². The molecule has 1 aromatic carbocycles. The molecule has 0 saturated carbocycles. The number of hydrogen-bond acceptors (Lipinski definition) is 1. The minimum atomic E-state index is 0.528. The molecule has 62 valence electrons. The first-order chi connectivity index (χ1) is 5.68. The highest BCUT2D eigenvalue weighted by Crippen LogP contribution is 2.26. The van der Waals surface area contributed by atoms with Crippen LogP contribution in [-0.4, -0.2) is 9.97 Å². The zero-order valence-corrected chi connectivity index (χ0v) is 8.15. The van der Waals surface area contributed by atoms with E-state index < -0.39 is 0 Å². The topological polar surface area (TPSA) is 31.6 Å². The molecule has 0 fully saturated rings. The van der Waals surface area contributed by atoms with Crippen LogP contribution in [0.5, 0.6) is 0 Å². The monoisotopic (exact) mass is 218 g/mol. The molecule has 0 aliphatic rings. The molecule has 0 spiro atoms. The second kappa shape index (κ2) is 2.76. The quantitative estimate of drug-likeness (QED) is 0.652. The van der Waals surface area contributed by atoms with Crippen LogP contribution in [0.1, 0.15) is 0 Å². The van der Waals surface area contributed by atoms with Crippen molar-refractivity contribution in [1.29, 1.82) is 0 Å². The van der Waals surface area contributed by atoms with Gasteiger partial charge in [-0.2, -0.15) is 0 Å². The van der Waals surface area contributed by atoms with Crippen molar-refractivity contribution in [2.45, 2.75) is 0 Å². The Bertz CT molecular complexity index is 444. The predicted octanol–water partition coefficient (Wildman–Crippen LogP) is 3.53. The van der Waals surface area contributed by atoms with E-state index in [0.29, 0.717) is 14.8 Å². The Kier molecular flexibility index (Phi) is 1.87. The summed E-state index contributed by atoms with van der Waals surface area (Å²) in [6.07, 6.45) is 0. The average Bonchev–Trinajstić information content (AvgIpc) is 2.41. The average molecular weight is 219 g/mol. The van der Waals surface area contributed by atoms with Crippen LogP contribution in [-0.2, 0) is 0 Å². The van der Waals surface area contributed by atoms with Crippen LogP contribution in [0.2, 0.25) is 10.0 Å². The van der Waals surface area contributed by atoms with Crippen molar-refractivity contribution in [1.82, 2.24) is 9.97 Å². The van der Waals surface area contributed by atoms with Gasteiger partial charge in [-0.15, -0.1) is 0 Å². The standard InChI is InChI=1S/C7H4Cl2N2S/c8-3-1-2-4(9)6-5(3)10-7(12)11-6/h1-2H,(H2,10,11,12). The first kappa shape index (κ1) is 8.10. The summed E-state index contributed by atoms with van der Waals surface area (Å²) >= 11 is 16.7. The lowest BCUT2D eigenvalue weighted by molar-refractivity contribution is 1.30. The lowest BCUT2D eigenvalue weighted by Crippen LogP contribution is -1.72. The van der Waals surface area contributed by atoms with E-state index in [-0.39, 0.29) is 0 Å². The number of fused-ring (bicyclic) bond motifs is 1. The normalized spacial score (nSPS) is 10.8. The molecule has 0 bridgehead atoms. The smallest absolute Gasteiger partial charge is 0.175 e. The maximum atomic E-state index is 5.89. The van der Waals surface area contributed by atoms with Crippen molar-refractivity contribution < 1.29 is 0 Å². The summed E-state index contributed by atoms with van der Waals surface area (Å²) in [5, 5.41) is 1.23. The van der Waals surface area contributed by atoms with Crippen molar-refractivity contribution in [2.24, 2.45) is 0 Å². The van der Waals surface area contributed by atoms with E-state index in [1.165, 1.54) is 0 Å². The van der Waals surface area contributed by atoms with Gasteiger partial charge in [-0.3, -0.25) is 0 Å². The molecule has 1 heterocycles. The molecule has 0 saturated heterocycles. The van der Waals surface area contributed by atoms with Gasteiger partial charge in [-0.25, -0.2) is 0 Å². The van der Waals surface area contributed by atoms with E-state index in [0.717, 1.165) is 11.0 Å². The third kappa shape index (κ3) is 1.14. The molecular formula is C7H4Cl2N2S. The van der Waals surface area contributed by atoms with E-state index in [4.69, 9.17) is 35.4 Å². The Morgan fingerprint density at radius 1 is 1.00 bits per heavy atom. The van der Waals surface area contributed by atoms with Gasteiger partial charge >= 0.3 is 0 Å². The summed E-state index contributed by atoms with van der Waals surface area (Å²) in [4.78, 5) is 5.82. The van der Waals surface area contributed by atoms with Gasteiger partial charge < -0.3 is 9.97 Å². The number of nitrogens with one attached hydrogen (secondary N) is 2. The summed E-state index contributed by atoms with van der Waals surface area (Å²) in [7, 11) is 0. The van der Waals surface area contributed by atoms with Gasteiger partial charge in [0.05, 0.1) is 21.1 Å². The molecule has 5 heteroatoms. The zero-order valence-electron chi connectivity index (χ0n) is 5.82. The van der Waals surface area contributed by atoms with E-state index >= 15 is 0 Å². The Balaban J connectivity index is 3.03. The van der Waals surface area contributed by atoms with E-state index in [2.05, 4.69) is 9.97 Å². The van der Waals surface area contributed by atoms with E-state index in [9.17, 15) is 0 Å². The fourth-order valence-electron chi connectivity index (χ4n) is 1.05. The number of rotatable bonds is 0. The van der Waals surface area contributed by atoms with Crippen molar-refractivity contribution in [3.05, 3.63) is 26.9 Å². The van der Waals surface area contributed by atoms with Crippen molar-refractivity contribution in [2.75, 3.05) is 0 Å². The Morgan fingerprint density at radius 2 is 1.42 bits per heavy atom. The number of H-pyrrole nitrogens is 2. The highest BCUT2D eigenvalue weighted by atomic mass is 35.5. The lowest BCUT2D eigenvalue weighted by Gasteiger charge is -1.93. The molecule has 1 aromatic heterocycles. The first-order valence-corrected chi connectivity index (χ1v) is 4.41. The van der Waals surface area contributed by atoms with Gasteiger partial charge in [-0.05, 0) is 24.4 Å². The molecule has 0 radical (unpaired) electrons. The fourth-order valence-corrected chi connectivity index (χ4v) is 1.67. The SMILES string of the molecule is S=c1[nH]c2c(Cl)ccc(Cl)c2[nH]1. The number of aromatic amines is 2.